The van der Waals surface area contributed by atoms with Crippen LogP contribution >= 0.6 is 12.2 Å². The number of benzene rings is 2. The Morgan fingerprint density at radius 1 is 1.23 bits per heavy atom. The predicted molar refractivity (Wildman–Crippen MR) is 91.1 cm³/mol. The van der Waals surface area contributed by atoms with E-state index >= 15 is 0 Å². The minimum absolute atomic E-state index is 0.356. The van der Waals surface area contributed by atoms with Crippen LogP contribution in [0.2, 0.25) is 0 Å². The molecule has 22 heavy (non-hydrogen) atoms. The zero-order chi connectivity index (χ0) is 15.8. The van der Waals surface area contributed by atoms with Crippen LogP contribution in [0.15, 0.2) is 53.6 Å². The van der Waals surface area contributed by atoms with Gasteiger partial charge in [0.05, 0.1) is 30.6 Å². The Bertz CT molecular complexity index is 720. The average molecular weight is 310 g/mol. The summed E-state index contributed by atoms with van der Waals surface area (Å²) in [4.78, 5) is 0. The zero-order valence-corrected chi connectivity index (χ0v) is 12.7. The fourth-order valence-electron chi connectivity index (χ4n) is 1.71. The summed E-state index contributed by atoms with van der Waals surface area (Å²) < 4.78 is 5.23. The van der Waals surface area contributed by atoms with Crippen LogP contribution in [0.3, 0.4) is 0 Å². The van der Waals surface area contributed by atoms with Crippen molar-refractivity contribution in [3.63, 3.8) is 0 Å². The second-order valence-electron chi connectivity index (χ2n) is 4.26. The summed E-state index contributed by atoms with van der Waals surface area (Å²) in [6, 6.07) is 16.6. The van der Waals surface area contributed by atoms with Crippen molar-refractivity contribution in [2.75, 3.05) is 12.4 Å². The Morgan fingerprint density at radius 2 is 1.95 bits per heavy atom. The van der Waals surface area contributed by atoms with Crippen LogP contribution in [-0.4, -0.2) is 18.4 Å². The molecule has 2 aromatic rings. The molecule has 0 spiro atoms. The largest absolute Gasteiger partial charge is 0.495 e. The highest BCUT2D eigenvalue weighted by atomic mass is 32.1. The van der Waals surface area contributed by atoms with Gasteiger partial charge in [-0.2, -0.15) is 10.4 Å². The number of nitrogens with one attached hydrogen (secondary N) is 2. The quantitative estimate of drug-likeness (QED) is 0.516. The molecule has 0 aromatic heterocycles. The molecule has 2 N–H and O–H groups in total. The van der Waals surface area contributed by atoms with Crippen LogP contribution in [-0.2, 0) is 0 Å². The van der Waals surface area contributed by atoms with E-state index in [9.17, 15) is 0 Å². The van der Waals surface area contributed by atoms with E-state index < -0.39 is 0 Å². The van der Waals surface area contributed by atoms with Crippen molar-refractivity contribution in [3.05, 3.63) is 59.7 Å². The number of anilines is 1. The molecule has 5 nitrogen and oxygen atoms in total. The van der Waals surface area contributed by atoms with Crippen molar-refractivity contribution < 1.29 is 4.74 Å². The number of methoxy groups -OCH3 is 1. The number of ether oxygens (including phenoxy) is 1. The molecule has 0 bridgehead atoms. The fourth-order valence-corrected chi connectivity index (χ4v) is 1.87. The van der Waals surface area contributed by atoms with Crippen molar-refractivity contribution in [3.8, 4) is 11.8 Å². The van der Waals surface area contributed by atoms with E-state index in [-0.39, 0.29) is 0 Å². The van der Waals surface area contributed by atoms with Gasteiger partial charge < -0.3 is 10.1 Å². The molecule has 0 aliphatic rings. The van der Waals surface area contributed by atoms with Gasteiger partial charge in [0.2, 0.25) is 0 Å². The Labute approximate surface area is 134 Å². The predicted octanol–water partition coefficient (Wildman–Crippen LogP) is 2.89. The first-order chi connectivity index (χ1) is 10.7. The highest BCUT2D eigenvalue weighted by Gasteiger charge is 2.02. The number of hydrazone groups is 1. The summed E-state index contributed by atoms with van der Waals surface area (Å²) in [5.41, 5.74) is 4.97. The number of nitriles is 1. The van der Waals surface area contributed by atoms with Gasteiger partial charge in [-0.3, -0.25) is 5.43 Å². The number of rotatable bonds is 4. The summed E-state index contributed by atoms with van der Waals surface area (Å²) in [6.45, 7) is 0. The van der Waals surface area contributed by atoms with Crippen molar-refractivity contribution in [1.29, 1.82) is 5.26 Å². The lowest BCUT2D eigenvalue weighted by Gasteiger charge is -2.10. The van der Waals surface area contributed by atoms with Crippen molar-refractivity contribution >= 4 is 29.2 Å². The van der Waals surface area contributed by atoms with E-state index in [1.54, 1.807) is 37.6 Å². The van der Waals surface area contributed by atoms with Gasteiger partial charge in [-0.15, -0.1) is 0 Å². The SMILES string of the molecule is COc1ccccc1NC(=S)N/N=C/c1ccc(C#N)cc1. The third kappa shape index (κ3) is 4.30. The molecule has 6 heteroatoms. The van der Waals surface area contributed by atoms with Crippen LogP contribution in [0.25, 0.3) is 0 Å². The van der Waals surface area contributed by atoms with Gasteiger partial charge in [0.25, 0.3) is 0 Å². The summed E-state index contributed by atoms with van der Waals surface area (Å²) in [6.07, 6.45) is 1.62. The summed E-state index contributed by atoms with van der Waals surface area (Å²) in [5, 5.41) is 16.1. The van der Waals surface area contributed by atoms with Gasteiger partial charge in [-0.25, -0.2) is 0 Å². The van der Waals surface area contributed by atoms with Gasteiger partial charge in [0, 0.05) is 0 Å². The molecule has 2 rings (SSSR count). The van der Waals surface area contributed by atoms with E-state index in [1.807, 2.05) is 24.3 Å². The van der Waals surface area contributed by atoms with Gasteiger partial charge in [0.15, 0.2) is 5.11 Å². The normalized spacial score (nSPS) is 10.0. The van der Waals surface area contributed by atoms with Crippen molar-refractivity contribution in [1.82, 2.24) is 5.43 Å². The van der Waals surface area contributed by atoms with Crippen LogP contribution in [0.4, 0.5) is 5.69 Å². The molecule has 110 valence electrons. The summed E-state index contributed by atoms with van der Waals surface area (Å²) >= 11 is 5.16. The van der Waals surface area contributed by atoms with E-state index in [2.05, 4.69) is 21.9 Å². The van der Waals surface area contributed by atoms with Gasteiger partial charge in [0.1, 0.15) is 5.75 Å². The second-order valence-corrected chi connectivity index (χ2v) is 4.67. The average Bonchev–Trinajstić information content (AvgIpc) is 2.56. The molecule has 2 aromatic carbocycles. The fraction of sp³-hybridized carbons (Fsp3) is 0.0625. The maximum Gasteiger partial charge on any atom is 0.191 e. The maximum absolute atomic E-state index is 8.73. The molecule has 0 saturated carbocycles. The standard InChI is InChI=1S/C16H14N4OS/c1-21-15-5-3-2-4-14(15)19-16(22)20-18-11-13-8-6-12(10-17)7-9-13/h2-9,11H,1H3,(H2,19,20,22)/b18-11+. The molecule has 0 atom stereocenters. The Hall–Kier alpha value is -2.91. The van der Waals surface area contributed by atoms with Crippen molar-refractivity contribution in [2.24, 2.45) is 5.10 Å². The van der Waals surface area contributed by atoms with Gasteiger partial charge >= 0.3 is 0 Å². The van der Waals surface area contributed by atoms with Crippen LogP contribution in [0.1, 0.15) is 11.1 Å². The van der Waals surface area contributed by atoms with Crippen molar-refractivity contribution in [2.45, 2.75) is 0 Å². The first-order valence-corrected chi connectivity index (χ1v) is 6.87. The Morgan fingerprint density at radius 3 is 2.64 bits per heavy atom. The number of nitrogens with zero attached hydrogens (tertiary/aromatic N) is 2. The molecule has 0 heterocycles. The van der Waals surface area contributed by atoms with E-state index in [1.165, 1.54) is 0 Å². The first-order valence-electron chi connectivity index (χ1n) is 6.46. The van der Waals surface area contributed by atoms with E-state index in [0.717, 1.165) is 11.3 Å². The molecule has 0 saturated heterocycles. The lowest BCUT2D eigenvalue weighted by Crippen LogP contribution is -2.24. The molecule has 0 aliphatic carbocycles. The van der Waals surface area contributed by atoms with E-state index in [4.69, 9.17) is 22.2 Å². The monoisotopic (exact) mass is 310 g/mol. The number of hydrogen-bond donors (Lipinski definition) is 2. The minimum atomic E-state index is 0.356. The van der Waals surface area contributed by atoms with Crippen LogP contribution in [0.5, 0.6) is 5.75 Å². The maximum atomic E-state index is 8.73. The highest BCUT2D eigenvalue weighted by molar-refractivity contribution is 7.80. The molecular weight excluding hydrogens is 296 g/mol. The number of para-hydroxylation sites is 2. The second kappa shape index (κ2) is 7.76. The lowest BCUT2D eigenvalue weighted by atomic mass is 10.2. The third-order valence-corrected chi connectivity index (χ3v) is 2.97. The first kappa shape index (κ1) is 15.5. The molecule has 0 amide bonds. The summed E-state index contributed by atoms with van der Waals surface area (Å²) in [5.74, 6) is 0.697. The van der Waals surface area contributed by atoms with E-state index in [0.29, 0.717) is 16.4 Å². The van der Waals surface area contributed by atoms with Gasteiger partial charge in [-0.1, -0.05) is 24.3 Å². The number of hydrogen-bond acceptors (Lipinski definition) is 4. The molecule has 0 fully saturated rings. The highest BCUT2D eigenvalue weighted by Crippen LogP contribution is 2.22. The molecule has 0 aliphatic heterocycles. The topological polar surface area (TPSA) is 69.4 Å². The van der Waals surface area contributed by atoms with Gasteiger partial charge in [-0.05, 0) is 42.0 Å². The molecule has 0 radical (unpaired) electrons. The molecular formula is C16H14N4OS. The van der Waals surface area contributed by atoms with Crippen LogP contribution < -0.4 is 15.5 Å². The Kier molecular flexibility index (Phi) is 5.46. The summed E-state index contributed by atoms with van der Waals surface area (Å²) in [7, 11) is 1.60. The third-order valence-electron chi connectivity index (χ3n) is 2.77. The lowest BCUT2D eigenvalue weighted by molar-refractivity contribution is 0.417. The smallest absolute Gasteiger partial charge is 0.191 e. The van der Waals surface area contributed by atoms with Crippen LogP contribution in [0, 0.1) is 11.3 Å². The molecule has 0 unspecified atom stereocenters. The Balaban J connectivity index is 1.92. The minimum Gasteiger partial charge on any atom is -0.495 e. The zero-order valence-electron chi connectivity index (χ0n) is 11.9. The number of thiocarbonyl (C=S) groups is 1.